The van der Waals surface area contributed by atoms with Gasteiger partial charge in [-0.25, -0.2) is 14.4 Å². The highest BCUT2D eigenvalue weighted by molar-refractivity contribution is 5.99. The summed E-state index contributed by atoms with van der Waals surface area (Å²) in [6, 6.07) is 5.44. The Bertz CT molecular complexity index is 686. The van der Waals surface area contributed by atoms with Crippen molar-refractivity contribution < 1.29 is 4.39 Å². The van der Waals surface area contributed by atoms with E-state index in [9.17, 15) is 4.39 Å². The zero-order chi connectivity index (χ0) is 15.5. The lowest BCUT2D eigenvalue weighted by Gasteiger charge is -2.32. The third kappa shape index (κ3) is 2.71. The third-order valence-corrected chi connectivity index (χ3v) is 3.82. The van der Waals surface area contributed by atoms with Gasteiger partial charge in [0.25, 0.3) is 0 Å². The predicted octanol–water partition coefficient (Wildman–Crippen LogP) is 3.13. The molecule has 1 aromatic heterocycles. The van der Waals surface area contributed by atoms with Crippen molar-refractivity contribution >= 4 is 11.7 Å². The summed E-state index contributed by atoms with van der Waals surface area (Å²) in [5, 5.41) is 0. The van der Waals surface area contributed by atoms with Gasteiger partial charge < -0.3 is 4.90 Å². The Balaban J connectivity index is 1.79. The first-order valence-corrected chi connectivity index (χ1v) is 7.59. The van der Waals surface area contributed by atoms with Crippen LogP contribution >= 0.6 is 0 Å². The summed E-state index contributed by atoms with van der Waals surface area (Å²) >= 11 is 0. The highest BCUT2D eigenvalue weighted by Gasteiger charge is 2.23. The van der Waals surface area contributed by atoms with Gasteiger partial charge in [0.15, 0.2) is 0 Å². The van der Waals surface area contributed by atoms with Crippen LogP contribution in [0.4, 0.5) is 10.3 Å². The van der Waals surface area contributed by atoms with Crippen LogP contribution in [0.2, 0.25) is 0 Å². The summed E-state index contributed by atoms with van der Waals surface area (Å²) in [4.78, 5) is 15.1. The van der Waals surface area contributed by atoms with Gasteiger partial charge in [0, 0.05) is 30.1 Å². The van der Waals surface area contributed by atoms with E-state index in [0.29, 0.717) is 29.1 Å². The summed E-state index contributed by atoms with van der Waals surface area (Å²) in [6.45, 7) is 6.36. The van der Waals surface area contributed by atoms with Crippen molar-refractivity contribution in [3.8, 4) is 11.1 Å². The van der Waals surface area contributed by atoms with Crippen molar-refractivity contribution in [2.24, 2.45) is 4.99 Å². The Morgan fingerprint density at radius 3 is 2.55 bits per heavy atom. The maximum atomic E-state index is 14.3. The second kappa shape index (κ2) is 6.22. The molecule has 2 aromatic rings. The first-order chi connectivity index (χ1) is 10.7. The van der Waals surface area contributed by atoms with E-state index in [2.05, 4.69) is 19.9 Å². The van der Waals surface area contributed by atoms with Crippen LogP contribution in [0.1, 0.15) is 19.4 Å². The second-order valence-electron chi connectivity index (χ2n) is 5.30. The molecule has 2 heterocycles. The minimum absolute atomic E-state index is 0.178. The number of rotatable bonds is 4. The highest BCUT2D eigenvalue weighted by atomic mass is 19.1. The van der Waals surface area contributed by atoms with E-state index in [1.807, 2.05) is 26.0 Å². The van der Waals surface area contributed by atoms with E-state index in [4.69, 9.17) is 0 Å². The van der Waals surface area contributed by atoms with E-state index >= 15 is 0 Å². The molecule has 3 rings (SSSR count). The van der Waals surface area contributed by atoms with E-state index in [0.717, 1.165) is 19.6 Å². The molecule has 0 amide bonds. The Morgan fingerprint density at radius 2 is 1.91 bits per heavy atom. The first-order valence-electron chi connectivity index (χ1n) is 7.59. The van der Waals surface area contributed by atoms with Gasteiger partial charge in [0.1, 0.15) is 5.82 Å². The predicted molar refractivity (Wildman–Crippen MR) is 87.0 cm³/mol. The zero-order valence-corrected chi connectivity index (χ0v) is 12.9. The minimum Gasteiger partial charge on any atom is -0.330 e. The smallest absolute Gasteiger partial charge is 0.225 e. The number of hydrogen-bond acceptors (Lipinski definition) is 4. The van der Waals surface area contributed by atoms with Gasteiger partial charge in [-0.2, -0.15) is 0 Å². The summed E-state index contributed by atoms with van der Waals surface area (Å²) in [7, 11) is 0. The van der Waals surface area contributed by atoms with Crippen molar-refractivity contribution in [2.75, 3.05) is 24.5 Å². The van der Waals surface area contributed by atoms with E-state index in [-0.39, 0.29) is 5.82 Å². The van der Waals surface area contributed by atoms with E-state index < -0.39 is 0 Å². The Morgan fingerprint density at radius 1 is 1.18 bits per heavy atom. The number of hydrogen-bond donors (Lipinski definition) is 0. The van der Waals surface area contributed by atoms with Crippen molar-refractivity contribution in [1.29, 1.82) is 0 Å². The molecule has 4 nitrogen and oxygen atoms in total. The average molecular weight is 298 g/mol. The zero-order valence-electron chi connectivity index (χ0n) is 12.9. The fraction of sp³-hybridized carbons (Fsp3) is 0.353. The first kappa shape index (κ1) is 14.6. The Hall–Kier alpha value is -2.30. The van der Waals surface area contributed by atoms with Gasteiger partial charge in [-0.05, 0) is 18.9 Å². The number of benzene rings is 1. The van der Waals surface area contributed by atoms with Gasteiger partial charge >= 0.3 is 0 Å². The molecule has 0 spiro atoms. The lowest BCUT2D eigenvalue weighted by molar-refractivity contribution is 0.615. The Labute approximate surface area is 129 Å². The van der Waals surface area contributed by atoms with Crippen LogP contribution in [-0.4, -0.2) is 35.3 Å². The molecule has 1 aromatic carbocycles. The number of nitrogens with zero attached hydrogens (tertiary/aromatic N) is 4. The average Bonchev–Trinajstić information content (AvgIpc) is 2.51. The number of aryl methyl sites for hydroxylation is 1. The van der Waals surface area contributed by atoms with Gasteiger partial charge in [-0.3, -0.25) is 4.99 Å². The quantitative estimate of drug-likeness (QED) is 0.871. The summed E-state index contributed by atoms with van der Waals surface area (Å²) < 4.78 is 14.3. The standard InChI is InChI=1S/C17H19FN4/c1-3-12-6-5-7-15(16(12)18)13-8-20-17(21-9-13)22-10-14(11-22)19-4-2/h5-9H,3-4,10-11H2,1-2H3. The summed E-state index contributed by atoms with van der Waals surface area (Å²) in [5.41, 5.74) is 3.16. The molecule has 1 aliphatic rings. The molecule has 1 aliphatic heterocycles. The van der Waals surface area contributed by atoms with Crippen LogP contribution in [0.5, 0.6) is 0 Å². The van der Waals surface area contributed by atoms with Crippen LogP contribution in [0.3, 0.4) is 0 Å². The fourth-order valence-electron chi connectivity index (χ4n) is 2.56. The molecule has 0 saturated carbocycles. The third-order valence-electron chi connectivity index (χ3n) is 3.82. The molecule has 0 aliphatic carbocycles. The van der Waals surface area contributed by atoms with Crippen molar-refractivity contribution in [1.82, 2.24) is 9.97 Å². The van der Waals surface area contributed by atoms with Crippen molar-refractivity contribution in [3.05, 3.63) is 42.0 Å². The maximum absolute atomic E-state index is 14.3. The molecule has 114 valence electrons. The molecule has 0 bridgehead atoms. The monoisotopic (exact) mass is 298 g/mol. The van der Waals surface area contributed by atoms with E-state index in [1.54, 1.807) is 18.5 Å². The Kier molecular flexibility index (Phi) is 4.13. The largest absolute Gasteiger partial charge is 0.330 e. The molecule has 22 heavy (non-hydrogen) atoms. The van der Waals surface area contributed by atoms with Crippen molar-refractivity contribution in [2.45, 2.75) is 20.3 Å². The lowest BCUT2D eigenvalue weighted by Crippen LogP contribution is -2.48. The molecule has 0 atom stereocenters. The molecule has 0 unspecified atom stereocenters. The molecular formula is C17H19FN4. The SMILES string of the molecule is CCN=C1CN(c2ncc(-c3cccc(CC)c3F)cn2)C1. The number of aromatic nitrogens is 2. The van der Waals surface area contributed by atoms with Crippen LogP contribution in [-0.2, 0) is 6.42 Å². The van der Waals surface area contributed by atoms with Crippen LogP contribution in [0.15, 0.2) is 35.6 Å². The molecular weight excluding hydrogens is 279 g/mol. The summed E-state index contributed by atoms with van der Waals surface area (Å²) in [6.07, 6.45) is 4.05. The van der Waals surface area contributed by atoms with Crippen molar-refractivity contribution in [3.63, 3.8) is 0 Å². The van der Waals surface area contributed by atoms with Gasteiger partial charge in [0.05, 0.1) is 18.8 Å². The number of halogens is 1. The molecule has 0 radical (unpaired) electrons. The molecule has 1 saturated heterocycles. The van der Waals surface area contributed by atoms with Gasteiger partial charge in [0.2, 0.25) is 5.95 Å². The molecule has 5 heteroatoms. The number of anilines is 1. The highest BCUT2D eigenvalue weighted by Crippen LogP contribution is 2.25. The van der Waals surface area contributed by atoms with Gasteiger partial charge in [-0.1, -0.05) is 25.1 Å². The van der Waals surface area contributed by atoms with Crippen LogP contribution in [0.25, 0.3) is 11.1 Å². The van der Waals surface area contributed by atoms with Crippen LogP contribution < -0.4 is 4.90 Å². The molecule has 1 fully saturated rings. The topological polar surface area (TPSA) is 41.4 Å². The minimum atomic E-state index is -0.178. The molecule has 0 N–H and O–H groups in total. The normalized spacial score (nSPS) is 14.0. The summed E-state index contributed by atoms with van der Waals surface area (Å²) in [5.74, 6) is 0.494. The maximum Gasteiger partial charge on any atom is 0.225 e. The van der Waals surface area contributed by atoms with Gasteiger partial charge in [-0.15, -0.1) is 0 Å². The fourth-order valence-corrected chi connectivity index (χ4v) is 2.56. The second-order valence-corrected chi connectivity index (χ2v) is 5.30. The lowest BCUT2D eigenvalue weighted by atomic mass is 10.0. The number of aliphatic imine (C=N–C) groups is 1. The van der Waals surface area contributed by atoms with Crippen LogP contribution in [0, 0.1) is 5.82 Å². The van der Waals surface area contributed by atoms with E-state index in [1.165, 1.54) is 5.71 Å².